The van der Waals surface area contributed by atoms with E-state index < -0.39 is 5.97 Å². The molecule has 0 fully saturated rings. The van der Waals surface area contributed by atoms with Crippen molar-refractivity contribution in [1.82, 2.24) is 9.78 Å². The minimum atomic E-state index is -0.787. The van der Waals surface area contributed by atoms with Gasteiger partial charge < -0.3 is 9.84 Å². The zero-order chi connectivity index (χ0) is 23.4. The topological polar surface area (TPSA) is 64.4 Å². The smallest absolute Gasteiger partial charge is 0.303 e. The highest BCUT2D eigenvalue weighted by atomic mass is 16.5. The zero-order valence-electron chi connectivity index (χ0n) is 19.4. The average molecular weight is 443 g/mol. The Hall–Kier alpha value is -3.60. The molecule has 0 bridgehead atoms. The lowest BCUT2D eigenvalue weighted by atomic mass is 9.98. The first-order valence-corrected chi connectivity index (χ1v) is 11.4. The number of carboxylic acid groups (broad SMARTS) is 1. The van der Waals surface area contributed by atoms with Crippen molar-refractivity contribution in [2.75, 3.05) is 0 Å². The van der Waals surface area contributed by atoms with Gasteiger partial charge in [-0.1, -0.05) is 75.4 Å². The highest BCUT2D eigenvalue weighted by molar-refractivity contribution is 5.93. The van der Waals surface area contributed by atoms with Gasteiger partial charge in [0.25, 0.3) is 0 Å². The number of nitrogens with zero attached hydrogens (tertiary/aromatic N) is 2. The number of fused-ring (bicyclic) bond motifs is 1. The van der Waals surface area contributed by atoms with Crippen molar-refractivity contribution in [1.29, 1.82) is 0 Å². The van der Waals surface area contributed by atoms with Gasteiger partial charge in [-0.15, -0.1) is 0 Å². The van der Waals surface area contributed by atoms with Crippen LogP contribution in [0, 0.1) is 5.92 Å². The number of hydrogen-bond donors (Lipinski definition) is 1. The Labute approximate surface area is 194 Å². The molecule has 0 saturated heterocycles. The number of carboxylic acids is 1. The molecule has 4 rings (SSSR count). The second-order valence-electron chi connectivity index (χ2n) is 9.00. The summed E-state index contributed by atoms with van der Waals surface area (Å²) in [5.74, 6) is 0.435. The molecule has 170 valence electrons. The molecule has 1 aromatic heterocycles. The standard InChI is InChI=1S/C28H30N2O3/c1-19(2)17-30-26-16-21(9-14-25(26)28(29-30)23-7-5-4-6-8-23)18-33-24-12-10-22(11-13-24)20(3)15-27(31)32/h4-14,16,19-20H,15,17-18H2,1-3H3,(H,31,32). The van der Waals surface area contributed by atoms with E-state index in [0.29, 0.717) is 12.5 Å². The minimum Gasteiger partial charge on any atom is -0.489 e. The maximum Gasteiger partial charge on any atom is 0.303 e. The second-order valence-corrected chi connectivity index (χ2v) is 9.00. The quantitative estimate of drug-likeness (QED) is 0.321. The van der Waals surface area contributed by atoms with Crippen LogP contribution in [0.1, 0.15) is 44.2 Å². The Kier molecular flexibility index (Phi) is 6.78. The van der Waals surface area contributed by atoms with Gasteiger partial charge in [0.2, 0.25) is 0 Å². The van der Waals surface area contributed by atoms with Crippen LogP contribution in [-0.4, -0.2) is 20.9 Å². The summed E-state index contributed by atoms with van der Waals surface area (Å²) < 4.78 is 8.12. The Morgan fingerprint density at radius 2 is 1.73 bits per heavy atom. The number of aromatic nitrogens is 2. The van der Waals surface area contributed by atoms with Gasteiger partial charge in [0.05, 0.1) is 11.9 Å². The summed E-state index contributed by atoms with van der Waals surface area (Å²) in [6.07, 6.45) is 0.120. The zero-order valence-corrected chi connectivity index (χ0v) is 19.4. The molecule has 0 aliphatic carbocycles. The second kappa shape index (κ2) is 9.90. The van der Waals surface area contributed by atoms with Gasteiger partial charge in [0.1, 0.15) is 18.1 Å². The maximum atomic E-state index is 10.9. The molecule has 33 heavy (non-hydrogen) atoms. The van der Waals surface area contributed by atoms with E-state index >= 15 is 0 Å². The van der Waals surface area contributed by atoms with Crippen molar-refractivity contribution >= 4 is 16.9 Å². The average Bonchev–Trinajstić information content (AvgIpc) is 3.15. The van der Waals surface area contributed by atoms with E-state index in [1.807, 2.05) is 49.4 Å². The van der Waals surface area contributed by atoms with Crippen molar-refractivity contribution in [3.05, 3.63) is 83.9 Å². The van der Waals surface area contributed by atoms with Crippen LogP contribution in [0.25, 0.3) is 22.2 Å². The predicted molar refractivity (Wildman–Crippen MR) is 131 cm³/mol. The summed E-state index contributed by atoms with van der Waals surface area (Å²) >= 11 is 0. The molecular weight excluding hydrogens is 412 g/mol. The molecule has 0 radical (unpaired) electrons. The molecule has 0 saturated carbocycles. The van der Waals surface area contributed by atoms with Crippen molar-refractivity contribution in [2.45, 2.75) is 46.3 Å². The first-order valence-electron chi connectivity index (χ1n) is 11.4. The third-order valence-electron chi connectivity index (χ3n) is 5.74. The predicted octanol–water partition coefficient (Wildman–Crippen LogP) is 6.52. The van der Waals surface area contributed by atoms with Gasteiger partial charge in [-0.25, -0.2) is 0 Å². The summed E-state index contributed by atoms with van der Waals surface area (Å²) in [6, 6.07) is 24.4. The molecule has 3 aromatic carbocycles. The largest absolute Gasteiger partial charge is 0.489 e. The number of rotatable bonds is 9. The van der Waals surface area contributed by atoms with Crippen molar-refractivity contribution < 1.29 is 14.6 Å². The Morgan fingerprint density at radius 3 is 2.39 bits per heavy atom. The van der Waals surface area contributed by atoms with Crippen molar-refractivity contribution in [3.63, 3.8) is 0 Å². The van der Waals surface area contributed by atoms with Crippen LogP contribution in [0.5, 0.6) is 5.75 Å². The molecule has 1 N–H and O–H groups in total. The number of hydrogen-bond acceptors (Lipinski definition) is 3. The first-order chi connectivity index (χ1) is 15.9. The highest BCUT2D eigenvalue weighted by Crippen LogP contribution is 2.30. The summed E-state index contributed by atoms with van der Waals surface area (Å²) in [4.78, 5) is 10.9. The molecule has 1 unspecified atom stereocenters. The fourth-order valence-electron chi connectivity index (χ4n) is 4.04. The Morgan fingerprint density at radius 1 is 1.00 bits per heavy atom. The Balaban J connectivity index is 1.54. The molecule has 1 heterocycles. The maximum absolute atomic E-state index is 10.9. The molecule has 4 aromatic rings. The number of ether oxygens (including phenoxy) is 1. The normalized spacial score (nSPS) is 12.2. The molecule has 1 atom stereocenters. The summed E-state index contributed by atoms with van der Waals surface area (Å²) in [5.41, 5.74) is 5.31. The lowest BCUT2D eigenvalue weighted by molar-refractivity contribution is -0.137. The van der Waals surface area contributed by atoms with E-state index in [1.165, 1.54) is 0 Å². The molecule has 0 amide bonds. The number of aliphatic carboxylic acids is 1. The monoisotopic (exact) mass is 442 g/mol. The van der Waals surface area contributed by atoms with E-state index in [9.17, 15) is 4.79 Å². The number of benzene rings is 3. The van der Waals surface area contributed by atoms with Gasteiger partial charge in [-0.2, -0.15) is 5.10 Å². The first kappa shape index (κ1) is 22.6. The molecule has 0 aliphatic rings. The van der Waals surface area contributed by atoms with Gasteiger partial charge in [-0.3, -0.25) is 9.48 Å². The highest BCUT2D eigenvalue weighted by Gasteiger charge is 2.14. The fourth-order valence-corrected chi connectivity index (χ4v) is 4.04. The third kappa shape index (κ3) is 5.43. The molecule has 0 aliphatic heterocycles. The summed E-state index contributed by atoms with van der Waals surface area (Å²) in [6.45, 7) is 7.62. The lowest BCUT2D eigenvalue weighted by Crippen LogP contribution is -2.06. The van der Waals surface area contributed by atoms with Crippen molar-refractivity contribution in [3.8, 4) is 17.0 Å². The van der Waals surface area contributed by atoms with Gasteiger partial charge >= 0.3 is 5.97 Å². The van der Waals surface area contributed by atoms with Crippen LogP contribution in [0.2, 0.25) is 0 Å². The fraction of sp³-hybridized carbons (Fsp3) is 0.286. The summed E-state index contributed by atoms with van der Waals surface area (Å²) in [7, 11) is 0. The Bertz CT molecular complexity index is 1230. The van der Waals surface area contributed by atoms with E-state index in [1.54, 1.807) is 0 Å². The van der Waals surface area contributed by atoms with E-state index in [0.717, 1.165) is 45.6 Å². The van der Waals surface area contributed by atoms with E-state index in [-0.39, 0.29) is 12.3 Å². The van der Waals surface area contributed by atoms with Crippen LogP contribution in [0.4, 0.5) is 0 Å². The molecule has 5 heteroatoms. The van der Waals surface area contributed by atoms with Crippen LogP contribution in [0.3, 0.4) is 0 Å². The van der Waals surface area contributed by atoms with Crippen molar-refractivity contribution in [2.24, 2.45) is 5.92 Å². The van der Waals surface area contributed by atoms with Crippen LogP contribution in [-0.2, 0) is 17.9 Å². The van der Waals surface area contributed by atoms with Gasteiger partial charge in [-0.05, 0) is 41.2 Å². The SMILES string of the molecule is CC(C)Cn1nc(-c2ccccc2)c2ccc(COc3ccc(C(C)CC(=O)O)cc3)cc21. The van der Waals surface area contributed by atoms with Gasteiger partial charge in [0, 0.05) is 17.5 Å². The number of carbonyl (C=O) groups is 1. The molecular formula is C28H30N2O3. The third-order valence-corrected chi connectivity index (χ3v) is 5.74. The molecule has 0 spiro atoms. The van der Waals surface area contributed by atoms with Gasteiger partial charge in [0.15, 0.2) is 0 Å². The van der Waals surface area contributed by atoms with Crippen LogP contribution in [0.15, 0.2) is 72.8 Å². The van der Waals surface area contributed by atoms with Crippen LogP contribution >= 0.6 is 0 Å². The lowest BCUT2D eigenvalue weighted by Gasteiger charge is -2.11. The van der Waals surface area contributed by atoms with E-state index in [2.05, 4.69) is 48.9 Å². The summed E-state index contributed by atoms with van der Waals surface area (Å²) in [5, 5.41) is 15.1. The molecule has 5 nitrogen and oxygen atoms in total. The van der Waals surface area contributed by atoms with Crippen LogP contribution < -0.4 is 4.74 Å². The van der Waals surface area contributed by atoms with E-state index in [4.69, 9.17) is 14.9 Å². The minimum absolute atomic E-state index is 0.0287.